The van der Waals surface area contributed by atoms with E-state index in [2.05, 4.69) is 43.1 Å². The summed E-state index contributed by atoms with van der Waals surface area (Å²) in [5.41, 5.74) is 2.60. The smallest absolute Gasteiger partial charge is 0.0202 e. The molecule has 82 valence electrons. The van der Waals surface area contributed by atoms with Gasteiger partial charge in [0.15, 0.2) is 0 Å². The molecular weight excluding hydrogens is 202 g/mol. The first-order chi connectivity index (χ1) is 7.22. The number of hydrogen-bond donors (Lipinski definition) is 1. The molecule has 0 atom stereocenters. The second-order valence-corrected chi connectivity index (χ2v) is 4.90. The normalized spacial score (nSPS) is 10.3. The fourth-order valence-electron chi connectivity index (χ4n) is 1.29. The minimum atomic E-state index is 0.939. The van der Waals surface area contributed by atoms with Crippen LogP contribution >= 0.6 is 11.8 Å². The van der Waals surface area contributed by atoms with Gasteiger partial charge in [-0.15, -0.1) is 18.3 Å². The van der Waals surface area contributed by atoms with Gasteiger partial charge in [0.25, 0.3) is 0 Å². The van der Waals surface area contributed by atoms with Gasteiger partial charge in [0.1, 0.15) is 0 Å². The van der Waals surface area contributed by atoms with Crippen molar-refractivity contribution >= 4 is 11.8 Å². The van der Waals surface area contributed by atoms with E-state index in [0.717, 1.165) is 18.7 Å². The third-order valence-corrected chi connectivity index (χ3v) is 3.07. The van der Waals surface area contributed by atoms with Crippen molar-refractivity contribution in [3.63, 3.8) is 0 Å². The van der Waals surface area contributed by atoms with Crippen molar-refractivity contribution in [2.75, 3.05) is 12.8 Å². The van der Waals surface area contributed by atoms with Crippen molar-refractivity contribution in [2.45, 2.75) is 24.8 Å². The number of hydrogen-bond acceptors (Lipinski definition) is 2. The van der Waals surface area contributed by atoms with Crippen LogP contribution in [0.1, 0.15) is 18.9 Å². The maximum atomic E-state index is 3.91. The third-order valence-electron chi connectivity index (χ3n) is 2.08. The van der Waals surface area contributed by atoms with Crippen LogP contribution in [0.25, 0.3) is 0 Å². The van der Waals surface area contributed by atoms with Gasteiger partial charge in [0.05, 0.1) is 0 Å². The average molecular weight is 221 g/mol. The Balaban J connectivity index is 2.46. The van der Waals surface area contributed by atoms with Crippen molar-refractivity contribution in [3.8, 4) is 0 Å². The SMILES string of the molecule is C=C(C)CCSc1cccc(CNC)c1. The van der Waals surface area contributed by atoms with Gasteiger partial charge in [-0.1, -0.05) is 17.7 Å². The zero-order chi connectivity index (χ0) is 11.1. The fraction of sp³-hybridized carbons (Fsp3) is 0.385. The molecule has 0 saturated carbocycles. The highest BCUT2D eigenvalue weighted by molar-refractivity contribution is 7.99. The molecule has 0 fully saturated rings. The van der Waals surface area contributed by atoms with Crippen molar-refractivity contribution in [1.82, 2.24) is 5.32 Å². The van der Waals surface area contributed by atoms with Gasteiger partial charge in [0, 0.05) is 17.2 Å². The molecule has 0 bridgehead atoms. The molecule has 1 aromatic rings. The lowest BCUT2D eigenvalue weighted by Gasteiger charge is -2.04. The summed E-state index contributed by atoms with van der Waals surface area (Å²) in [4.78, 5) is 1.35. The molecule has 0 radical (unpaired) electrons. The van der Waals surface area contributed by atoms with Gasteiger partial charge in [-0.25, -0.2) is 0 Å². The number of allylic oxidation sites excluding steroid dienone is 1. The summed E-state index contributed by atoms with van der Waals surface area (Å²) in [6.07, 6.45) is 1.10. The van der Waals surface area contributed by atoms with Gasteiger partial charge in [-0.05, 0) is 38.1 Å². The summed E-state index contributed by atoms with van der Waals surface area (Å²) in [5.74, 6) is 1.12. The molecule has 0 aliphatic heterocycles. The van der Waals surface area contributed by atoms with Crippen molar-refractivity contribution in [3.05, 3.63) is 42.0 Å². The number of nitrogens with one attached hydrogen (secondary N) is 1. The van der Waals surface area contributed by atoms with Crippen LogP contribution in [0.3, 0.4) is 0 Å². The van der Waals surface area contributed by atoms with Gasteiger partial charge < -0.3 is 5.32 Å². The number of benzene rings is 1. The molecule has 1 N–H and O–H groups in total. The van der Waals surface area contributed by atoms with Crippen LogP contribution in [0.5, 0.6) is 0 Å². The molecule has 1 rings (SSSR count). The molecule has 2 heteroatoms. The Bertz CT molecular complexity index is 320. The molecule has 0 aromatic heterocycles. The molecule has 0 aliphatic carbocycles. The maximum absolute atomic E-state index is 3.91. The molecule has 0 amide bonds. The lowest BCUT2D eigenvalue weighted by molar-refractivity contribution is 0.815. The Kier molecular flexibility index (Phi) is 5.51. The molecule has 1 aromatic carbocycles. The topological polar surface area (TPSA) is 12.0 Å². The molecule has 1 nitrogen and oxygen atoms in total. The summed E-state index contributed by atoms with van der Waals surface area (Å²) in [6, 6.07) is 8.69. The van der Waals surface area contributed by atoms with E-state index in [1.54, 1.807) is 0 Å². The van der Waals surface area contributed by atoms with Gasteiger partial charge in [0.2, 0.25) is 0 Å². The van der Waals surface area contributed by atoms with Crippen molar-refractivity contribution in [2.24, 2.45) is 0 Å². The predicted octanol–water partition coefficient (Wildman–Crippen LogP) is 3.46. The summed E-state index contributed by atoms with van der Waals surface area (Å²) in [7, 11) is 1.97. The fourth-order valence-corrected chi connectivity index (χ4v) is 2.39. The third kappa shape index (κ3) is 5.05. The van der Waals surface area contributed by atoms with Gasteiger partial charge in [-0.3, -0.25) is 0 Å². The zero-order valence-electron chi connectivity index (χ0n) is 9.55. The van der Waals surface area contributed by atoms with Gasteiger partial charge >= 0.3 is 0 Å². The van der Waals surface area contributed by atoms with E-state index in [1.165, 1.54) is 16.0 Å². The minimum Gasteiger partial charge on any atom is -0.316 e. The van der Waals surface area contributed by atoms with E-state index >= 15 is 0 Å². The average Bonchev–Trinajstić information content (AvgIpc) is 2.18. The highest BCUT2D eigenvalue weighted by Gasteiger charge is 1.96. The number of rotatable bonds is 6. The Morgan fingerprint density at radius 1 is 1.47 bits per heavy atom. The lowest BCUT2D eigenvalue weighted by atomic mass is 10.2. The highest BCUT2D eigenvalue weighted by atomic mass is 32.2. The van der Waals surface area contributed by atoms with E-state index in [9.17, 15) is 0 Å². The van der Waals surface area contributed by atoms with Crippen molar-refractivity contribution in [1.29, 1.82) is 0 Å². The zero-order valence-corrected chi connectivity index (χ0v) is 10.4. The summed E-state index contributed by atoms with van der Waals surface area (Å²) in [5, 5.41) is 3.16. The van der Waals surface area contributed by atoms with Crippen molar-refractivity contribution < 1.29 is 0 Å². The number of thioether (sulfide) groups is 1. The van der Waals surface area contributed by atoms with Crippen LogP contribution in [-0.4, -0.2) is 12.8 Å². The first-order valence-corrected chi connectivity index (χ1v) is 6.21. The second kappa shape index (κ2) is 6.70. The molecular formula is C13H19NS. The van der Waals surface area contributed by atoms with E-state index in [-0.39, 0.29) is 0 Å². The highest BCUT2D eigenvalue weighted by Crippen LogP contribution is 2.20. The summed E-state index contributed by atoms with van der Waals surface area (Å²) < 4.78 is 0. The van der Waals surface area contributed by atoms with Crippen LogP contribution in [0, 0.1) is 0 Å². The first kappa shape index (κ1) is 12.3. The summed E-state index contributed by atoms with van der Waals surface area (Å²) >= 11 is 1.90. The van der Waals surface area contributed by atoms with Crippen LogP contribution in [0.15, 0.2) is 41.3 Å². The maximum Gasteiger partial charge on any atom is 0.0202 e. The lowest BCUT2D eigenvalue weighted by Crippen LogP contribution is -2.04. The van der Waals surface area contributed by atoms with E-state index in [0.29, 0.717) is 0 Å². The van der Waals surface area contributed by atoms with E-state index in [1.807, 2.05) is 18.8 Å². The molecule has 15 heavy (non-hydrogen) atoms. The Morgan fingerprint density at radius 2 is 2.27 bits per heavy atom. The standard InChI is InChI=1S/C13H19NS/c1-11(2)7-8-15-13-6-4-5-12(9-13)10-14-3/h4-6,9,14H,1,7-8,10H2,2-3H3. The van der Waals surface area contributed by atoms with E-state index < -0.39 is 0 Å². The minimum absolute atomic E-state index is 0.939. The largest absolute Gasteiger partial charge is 0.316 e. The Labute approximate surface area is 97.0 Å². The molecule has 0 spiro atoms. The Morgan fingerprint density at radius 3 is 2.93 bits per heavy atom. The predicted molar refractivity (Wildman–Crippen MR) is 69.4 cm³/mol. The molecule has 0 aliphatic rings. The molecule has 0 unspecified atom stereocenters. The van der Waals surface area contributed by atoms with Crippen LogP contribution < -0.4 is 5.32 Å². The first-order valence-electron chi connectivity index (χ1n) is 5.23. The monoisotopic (exact) mass is 221 g/mol. The second-order valence-electron chi connectivity index (χ2n) is 3.73. The quantitative estimate of drug-likeness (QED) is 0.583. The van der Waals surface area contributed by atoms with Crippen LogP contribution in [-0.2, 0) is 6.54 Å². The van der Waals surface area contributed by atoms with Crippen LogP contribution in [0.2, 0.25) is 0 Å². The van der Waals surface area contributed by atoms with Crippen LogP contribution in [0.4, 0.5) is 0 Å². The van der Waals surface area contributed by atoms with Gasteiger partial charge in [-0.2, -0.15) is 0 Å². The van der Waals surface area contributed by atoms with E-state index in [4.69, 9.17) is 0 Å². The molecule has 0 saturated heterocycles. The summed E-state index contributed by atoms with van der Waals surface area (Å²) in [6.45, 7) is 6.93. The Hall–Kier alpha value is -0.730. The molecule has 0 heterocycles.